The highest BCUT2D eigenvalue weighted by Crippen LogP contribution is 2.21. The predicted molar refractivity (Wildman–Crippen MR) is 71.5 cm³/mol. The quantitative estimate of drug-likeness (QED) is 0.702. The van der Waals surface area contributed by atoms with Gasteiger partial charge in [0.25, 0.3) is 5.91 Å². The fourth-order valence-corrected chi connectivity index (χ4v) is 1.71. The van der Waals surface area contributed by atoms with Crippen LogP contribution in [-0.4, -0.2) is 24.9 Å². The van der Waals surface area contributed by atoms with Crippen molar-refractivity contribution in [3.05, 3.63) is 28.8 Å². The summed E-state index contributed by atoms with van der Waals surface area (Å²) in [6, 6.07) is 4.87. The van der Waals surface area contributed by atoms with E-state index in [9.17, 15) is 9.59 Å². The SMILES string of the molecule is CCNC(=O)CCNC(=O)c1c(N)cccc1Cl. The molecule has 6 heteroatoms. The molecule has 98 valence electrons. The van der Waals surface area contributed by atoms with Gasteiger partial charge in [-0.05, 0) is 19.1 Å². The molecule has 1 rings (SSSR count). The molecular weight excluding hydrogens is 254 g/mol. The molecule has 0 aliphatic rings. The van der Waals surface area contributed by atoms with E-state index in [2.05, 4.69) is 10.6 Å². The van der Waals surface area contributed by atoms with Gasteiger partial charge in [-0.15, -0.1) is 0 Å². The molecule has 0 bridgehead atoms. The summed E-state index contributed by atoms with van der Waals surface area (Å²) in [6.45, 7) is 2.65. The molecule has 1 aromatic carbocycles. The average molecular weight is 270 g/mol. The second-order valence-electron chi connectivity index (χ2n) is 3.66. The number of rotatable bonds is 5. The van der Waals surface area contributed by atoms with Gasteiger partial charge in [-0.2, -0.15) is 0 Å². The maximum Gasteiger partial charge on any atom is 0.254 e. The van der Waals surface area contributed by atoms with E-state index in [1.807, 2.05) is 6.92 Å². The molecule has 0 heterocycles. The standard InChI is InChI=1S/C12H16ClN3O2/c1-2-15-10(17)6-7-16-12(18)11-8(13)4-3-5-9(11)14/h3-5H,2,6-7,14H2,1H3,(H,15,17)(H,16,18). The predicted octanol–water partition coefficient (Wildman–Crippen LogP) is 1.18. The van der Waals surface area contributed by atoms with Crippen LogP contribution in [0.5, 0.6) is 0 Å². The van der Waals surface area contributed by atoms with Crippen molar-refractivity contribution >= 4 is 29.1 Å². The number of carbonyl (C=O) groups is 2. The monoisotopic (exact) mass is 269 g/mol. The van der Waals surface area contributed by atoms with Crippen molar-refractivity contribution < 1.29 is 9.59 Å². The summed E-state index contributed by atoms with van der Waals surface area (Å²) < 4.78 is 0. The third-order valence-corrected chi connectivity index (χ3v) is 2.60. The second-order valence-corrected chi connectivity index (χ2v) is 4.07. The Morgan fingerprint density at radius 1 is 1.33 bits per heavy atom. The van der Waals surface area contributed by atoms with Crippen LogP contribution >= 0.6 is 11.6 Å². The van der Waals surface area contributed by atoms with Gasteiger partial charge in [-0.3, -0.25) is 9.59 Å². The van der Waals surface area contributed by atoms with Crippen LogP contribution in [0, 0.1) is 0 Å². The number of carbonyl (C=O) groups excluding carboxylic acids is 2. The Morgan fingerprint density at radius 3 is 2.67 bits per heavy atom. The van der Waals surface area contributed by atoms with Crippen LogP contribution < -0.4 is 16.4 Å². The van der Waals surface area contributed by atoms with Gasteiger partial charge in [-0.1, -0.05) is 17.7 Å². The van der Waals surface area contributed by atoms with Crippen LogP contribution in [-0.2, 0) is 4.79 Å². The molecule has 0 fully saturated rings. The lowest BCUT2D eigenvalue weighted by Crippen LogP contribution is -2.31. The molecule has 2 amide bonds. The topological polar surface area (TPSA) is 84.2 Å². The summed E-state index contributed by atoms with van der Waals surface area (Å²) in [5, 5.41) is 5.54. The number of nitrogen functional groups attached to an aromatic ring is 1. The van der Waals surface area contributed by atoms with Crippen molar-refractivity contribution in [3.63, 3.8) is 0 Å². The van der Waals surface area contributed by atoms with Crippen LogP contribution in [0.3, 0.4) is 0 Å². The summed E-state index contributed by atoms with van der Waals surface area (Å²) in [4.78, 5) is 23.0. The summed E-state index contributed by atoms with van der Waals surface area (Å²) in [7, 11) is 0. The molecular formula is C12H16ClN3O2. The fourth-order valence-electron chi connectivity index (χ4n) is 1.44. The van der Waals surface area contributed by atoms with Gasteiger partial charge < -0.3 is 16.4 Å². The molecule has 5 nitrogen and oxygen atoms in total. The minimum Gasteiger partial charge on any atom is -0.398 e. The Balaban J connectivity index is 2.53. The number of anilines is 1. The molecule has 4 N–H and O–H groups in total. The smallest absolute Gasteiger partial charge is 0.254 e. The third kappa shape index (κ3) is 3.92. The van der Waals surface area contributed by atoms with Crippen molar-refractivity contribution in [1.29, 1.82) is 0 Å². The van der Waals surface area contributed by atoms with Crippen molar-refractivity contribution in [2.45, 2.75) is 13.3 Å². The van der Waals surface area contributed by atoms with Gasteiger partial charge in [-0.25, -0.2) is 0 Å². The normalized spacial score (nSPS) is 9.89. The first-order valence-electron chi connectivity index (χ1n) is 5.65. The molecule has 0 spiro atoms. The lowest BCUT2D eigenvalue weighted by molar-refractivity contribution is -0.120. The van der Waals surface area contributed by atoms with Gasteiger partial charge in [0.15, 0.2) is 0 Å². The molecule has 0 radical (unpaired) electrons. The number of amides is 2. The Morgan fingerprint density at radius 2 is 2.06 bits per heavy atom. The molecule has 0 saturated carbocycles. The van der Waals surface area contributed by atoms with Crippen LogP contribution in [0.4, 0.5) is 5.69 Å². The Bertz CT molecular complexity index is 429. The minimum absolute atomic E-state index is 0.107. The highest BCUT2D eigenvalue weighted by atomic mass is 35.5. The summed E-state index contributed by atoms with van der Waals surface area (Å²) in [5.74, 6) is -0.479. The molecule has 0 atom stereocenters. The first-order chi connectivity index (χ1) is 8.56. The van der Waals surface area contributed by atoms with Crippen LogP contribution in [0.25, 0.3) is 0 Å². The largest absolute Gasteiger partial charge is 0.398 e. The summed E-state index contributed by atoms with van der Waals surface area (Å²) >= 11 is 5.90. The van der Waals surface area contributed by atoms with Gasteiger partial charge in [0.1, 0.15) is 0 Å². The number of benzene rings is 1. The van der Waals surface area contributed by atoms with E-state index in [-0.39, 0.29) is 30.3 Å². The fraction of sp³-hybridized carbons (Fsp3) is 0.333. The van der Waals surface area contributed by atoms with Gasteiger partial charge in [0.05, 0.1) is 10.6 Å². The Kier molecular flexibility index (Phi) is 5.45. The number of nitrogens with two attached hydrogens (primary N) is 1. The molecule has 0 aromatic heterocycles. The summed E-state index contributed by atoms with van der Waals surface area (Å²) in [6.07, 6.45) is 0.226. The zero-order valence-corrected chi connectivity index (χ0v) is 10.9. The second kappa shape index (κ2) is 6.86. The molecule has 0 unspecified atom stereocenters. The number of nitrogens with one attached hydrogen (secondary N) is 2. The molecule has 1 aromatic rings. The molecule has 0 saturated heterocycles. The molecule has 18 heavy (non-hydrogen) atoms. The Labute approximate surface area is 111 Å². The van der Waals surface area contributed by atoms with Crippen LogP contribution in [0.15, 0.2) is 18.2 Å². The van der Waals surface area contributed by atoms with E-state index in [0.29, 0.717) is 17.3 Å². The van der Waals surface area contributed by atoms with Crippen molar-refractivity contribution in [3.8, 4) is 0 Å². The van der Waals surface area contributed by atoms with Crippen molar-refractivity contribution in [2.75, 3.05) is 18.8 Å². The van der Waals surface area contributed by atoms with E-state index in [0.717, 1.165) is 0 Å². The van der Waals surface area contributed by atoms with Gasteiger partial charge in [0, 0.05) is 25.2 Å². The first kappa shape index (κ1) is 14.3. The Hall–Kier alpha value is -1.75. The molecule has 0 aliphatic carbocycles. The highest BCUT2D eigenvalue weighted by Gasteiger charge is 2.13. The van der Waals surface area contributed by atoms with E-state index < -0.39 is 0 Å². The van der Waals surface area contributed by atoms with E-state index in [1.165, 1.54) is 0 Å². The van der Waals surface area contributed by atoms with Crippen molar-refractivity contribution in [1.82, 2.24) is 10.6 Å². The summed E-state index contributed by atoms with van der Waals surface area (Å²) in [5.41, 5.74) is 6.24. The third-order valence-electron chi connectivity index (χ3n) is 2.28. The maximum atomic E-state index is 11.8. The number of hydrogen-bond donors (Lipinski definition) is 3. The van der Waals surface area contributed by atoms with E-state index in [1.54, 1.807) is 18.2 Å². The minimum atomic E-state index is -0.373. The van der Waals surface area contributed by atoms with Crippen molar-refractivity contribution in [2.24, 2.45) is 0 Å². The maximum absolute atomic E-state index is 11.8. The number of hydrogen-bond acceptors (Lipinski definition) is 3. The van der Waals surface area contributed by atoms with Gasteiger partial charge in [0.2, 0.25) is 5.91 Å². The average Bonchev–Trinajstić information content (AvgIpc) is 2.29. The zero-order chi connectivity index (χ0) is 13.5. The van der Waals surface area contributed by atoms with E-state index in [4.69, 9.17) is 17.3 Å². The lowest BCUT2D eigenvalue weighted by atomic mass is 10.1. The zero-order valence-electron chi connectivity index (χ0n) is 10.1. The number of halogens is 1. The van der Waals surface area contributed by atoms with Gasteiger partial charge >= 0.3 is 0 Å². The molecule has 0 aliphatic heterocycles. The first-order valence-corrected chi connectivity index (χ1v) is 6.03. The van der Waals surface area contributed by atoms with Crippen LogP contribution in [0.2, 0.25) is 5.02 Å². The lowest BCUT2D eigenvalue weighted by Gasteiger charge is -2.08. The van der Waals surface area contributed by atoms with Crippen LogP contribution in [0.1, 0.15) is 23.7 Å². The van der Waals surface area contributed by atoms with E-state index >= 15 is 0 Å². The highest BCUT2D eigenvalue weighted by molar-refractivity contribution is 6.34.